The van der Waals surface area contributed by atoms with Crippen LogP contribution in [0, 0.1) is 11.3 Å². The third-order valence-corrected chi connectivity index (χ3v) is 4.23. The van der Waals surface area contributed by atoms with Crippen LogP contribution >= 0.6 is 0 Å². The molecule has 1 aliphatic heterocycles. The van der Waals surface area contributed by atoms with Crippen molar-refractivity contribution in [2.24, 2.45) is 0 Å². The Hall–Kier alpha value is -2.43. The molecule has 0 aromatic heterocycles. The summed E-state index contributed by atoms with van der Waals surface area (Å²) in [6.45, 7) is 3.15. The Bertz CT molecular complexity index is 618. The van der Waals surface area contributed by atoms with Gasteiger partial charge in [-0.3, -0.25) is 4.79 Å². The molecule has 0 aliphatic carbocycles. The van der Waals surface area contributed by atoms with Gasteiger partial charge in [0.25, 0.3) is 0 Å². The Morgan fingerprint density at radius 1 is 1.30 bits per heavy atom. The van der Waals surface area contributed by atoms with E-state index >= 15 is 0 Å². The van der Waals surface area contributed by atoms with Gasteiger partial charge in [-0.2, -0.15) is 5.26 Å². The van der Waals surface area contributed by atoms with Crippen LogP contribution < -0.4 is 20.2 Å². The van der Waals surface area contributed by atoms with Crippen LogP contribution in [0.15, 0.2) is 24.3 Å². The predicted octanol–water partition coefficient (Wildman–Crippen LogP) is -3.58. The van der Waals surface area contributed by atoms with E-state index in [2.05, 4.69) is 12.4 Å². The molecule has 0 spiro atoms. The molecule has 1 amide bonds. The normalized spacial score (nSPS) is 21.9. The second-order valence-electron chi connectivity index (χ2n) is 5.90. The van der Waals surface area contributed by atoms with Crippen molar-refractivity contribution in [1.82, 2.24) is 0 Å². The van der Waals surface area contributed by atoms with E-state index in [0.717, 1.165) is 18.0 Å². The van der Waals surface area contributed by atoms with Gasteiger partial charge in [0.05, 0.1) is 30.7 Å². The average Bonchev–Trinajstić information content (AvgIpc) is 2.54. The van der Waals surface area contributed by atoms with Crippen LogP contribution in [-0.4, -0.2) is 51.1 Å². The first-order valence-electron chi connectivity index (χ1n) is 7.67. The Balaban J connectivity index is 2.01. The third kappa shape index (κ3) is 4.52. The van der Waals surface area contributed by atoms with Crippen LogP contribution in [-0.2, 0) is 9.59 Å². The zero-order valence-electron chi connectivity index (χ0n) is 13.1. The summed E-state index contributed by atoms with van der Waals surface area (Å²) >= 11 is 0. The Morgan fingerprint density at radius 3 is 2.57 bits per heavy atom. The minimum atomic E-state index is -1.21. The molecule has 0 bridgehead atoms. The lowest BCUT2D eigenvalue weighted by atomic mass is 10.1. The zero-order chi connectivity index (χ0) is 16.8. The number of piperazine rings is 1. The number of carboxylic acid groups (broad SMARTS) is 1. The largest absolute Gasteiger partial charge is 0.544 e. The van der Waals surface area contributed by atoms with Crippen molar-refractivity contribution in [3.8, 4) is 6.07 Å². The molecule has 1 aromatic carbocycles. The summed E-state index contributed by atoms with van der Waals surface area (Å²) in [6.07, 6.45) is -0.156. The number of para-hydroxylation sites is 1. The number of amides is 1. The molecular formula is C16H21N4O3+. The molecule has 1 saturated heterocycles. The van der Waals surface area contributed by atoms with E-state index in [1.165, 1.54) is 4.90 Å². The highest BCUT2D eigenvalue weighted by Gasteiger charge is 2.30. The van der Waals surface area contributed by atoms with Crippen molar-refractivity contribution in [1.29, 1.82) is 5.26 Å². The maximum absolute atomic E-state index is 12.2. The van der Waals surface area contributed by atoms with Gasteiger partial charge < -0.3 is 25.0 Å². The molecule has 0 unspecified atom stereocenters. The predicted molar refractivity (Wildman–Crippen MR) is 80.5 cm³/mol. The van der Waals surface area contributed by atoms with Crippen molar-refractivity contribution in [2.75, 3.05) is 38.5 Å². The summed E-state index contributed by atoms with van der Waals surface area (Å²) in [6, 6.07) is 7.76. The van der Waals surface area contributed by atoms with Crippen molar-refractivity contribution in [2.45, 2.75) is 12.5 Å². The summed E-state index contributed by atoms with van der Waals surface area (Å²) in [4.78, 5) is 25.8. The fraction of sp³-hybridized carbons (Fsp3) is 0.438. The number of nitrogens with zero attached hydrogens (tertiary/aromatic N) is 1. The van der Waals surface area contributed by atoms with Gasteiger partial charge in [-0.05, 0) is 12.1 Å². The summed E-state index contributed by atoms with van der Waals surface area (Å²) in [5, 5.41) is 23.1. The summed E-state index contributed by atoms with van der Waals surface area (Å²) < 4.78 is 0. The van der Waals surface area contributed by atoms with Gasteiger partial charge in [0.2, 0.25) is 5.91 Å². The second kappa shape index (κ2) is 7.72. The first kappa shape index (κ1) is 16.9. The number of nitrogens with one attached hydrogen (secondary N) is 3. The van der Waals surface area contributed by atoms with Crippen LogP contribution in [0.4, 0.5) is 5.69 Å². The quantitative estimate of drug-likeness (QED) is 0.523. The molecule has 2 rings (SSSR count). The molecule has 1 fully saturated rings. The first-order valence-corrected chi connectivity index (χ1v) is 7.67. The lowest BCUT2D eigenvalue weighted by Gasteiger charge is -2.33. The fourth-order valence-electron chi connectivity index (χ4n) is 2.82. The highest BCUT2D eigenvalue weighted by molar-refractivity contribution is 5.94. The number of carboxylic acids is 1. The van der Waals surface area contributed by atoms with E-state index in [1.807, 2.05) is 6.07 Å². The molecule has 7 heteroatoms. The molecule has 0 saturated carbocycles. The molecule has 122 valence electrons. The van der Waals surface area contributed by atoms with Crippen molar-refractivity contribution in [3.63, 3.8) is 0 Å². The standard InChI is InChI=1S/C16H20N4O3/c1-19-6-8-20(9-7-19)14(16(22)23)10-15(21)18-13-5-3-2-4-12(13)11-17/h2-5,14H,6-10H2,1H3,(H,18,21)(H,22,23)/p+1/t14-/m0/s1. The number of hydrogen-bond donors (Lipinski definition) is 3. The van der Waals surface area contributed by atoms with Crippen LogP contribution in [0.3, 0.4) is 0 Å². The number of rotatable bonds is 5. The highest BCUT2D eigenvalue weighted by Crippen LogP contribution is 2.13. The fourth-order valence-corrected chi connectivity index (χ4v) is 2.82. The number of likely N-dealkylation sites (N-methyl/N-ethyl adjacent to an activating group) is 1. The van der Waals surface area contributed by atoms with Crippen LogP contribution in [0.5, 0.6) is 0 Å². The van der Waals surface area contributed by atoms with E-state index in [-0.39, 0.29) is 6.42 Å². The molecular weight excluding hydrogens is 296 g/mol. The summed E-state index contributed by atoms with van der Waals surface area (Å²) in [7, 11) is 2.07. The van der Waals surface area contributed by atoms with Crippen molar-refractivity contribution in [3.05, 3.63) is 29.8 Å². The monoisotopic (exact) mass is 317 g/mol. The molecule has 1 aliphatic rings. The minimum Gasteiger partial charge on any atom is -0.544 e. The van der Waals surface area contributed by atoms with Crippen LogP contribution in [0.2, 0.25) is 0 Å². The van der Waals surface area contributed by atoms with Gasteiger partial charge in [-0.1, -0.05) is 12.1 Å². The smallest absolute Gasteiger partial charge is 0.230 e. The molecule has 1 atom stereocenters. The van der Waals surface area contributed by atoms with Crippen molar-refractivity contribution < 1.29 is 24.5 Å². The van der Waals surface area contributed by atoms with Gasteiger partial charge in [0.15, 0.2) is 0 Å². The SMILES string of the molecule is C[NH+]1CC[NH+]([C@@H](CC(=O)Nc2ccccc2C#N)C(=O)[O-])CC1. The number of aliphatic carboxylic acids is 1. The average molecular weight is 317 g/mol. The lowest BCUT2D eigenvalue weighted by Crippen LogP contribution is -3.29. The number of carbonyl (C=O) groups is 2. The topological polar surface area (TPSA) is 102 Å². The molecule has 7 nitrogen and oxygen atoms in total. The van der Waals surface area contributed by atoms with Gasteiger partial charge >= 0.3 is 0 Å². The zero-order valence-corrected chi connectivity index (χ0v) is 13.1. The minimum absolute atomic E-state index is 0.156. The van der Waals surface area contributed by atoms with Gasteiger partial charge in [-0.15, -0.1) is 0 Å². The molecule has 23 heavy (non-hydrogen) atoms. The van der Waals surface area contributed by atoms with E-state index in [1.54, 1.807) is 24.3 Å². The van der Waals surface area contributed by atoms with E-state index in [4.69, 9.17) is 5.26 Å². The number of benzene rings is 1. The van der Waals surface area contributed by atoms with Crippen LogP contribution in [0.1, 0.15) is 12.0 Å². The van der Waals surface area contributed by atoms with E-state index < -0.39 is 17.9 Å². The molecule has 3 N–H and O–H groups in total. The van der Waals surface area contributed by atoms with Crippen LogP contribution in [0.25, 0.3) is 0 Å². The van der Waals surface area contributed by atoms with E-state index in [9.17, 15) is 14.7 Å². The first-order chi connectivity index (χ1) is 11.0. The number of quaternary nitrogens is 2. The Kier molecular flexibility index (Phi) is 5.68. The van der Waals surface area contributed by atoms with Gasteiger partial charge in [-0.25, -0.2) is 0 Å². The highest BCUT2D eigenvalue weighted by atomic mass is 16.4. The summed E-state index contributed by atoms with van der Waals surface area (Å²) in [5.41, 5.74) is 0.747. The van der Waals surface area contributed by atoms with Crippen molar-refractivity contribution >= 4 is 17.6 Å². The number of nitriles is 1. The second-order valence-corrected chi connectivity index (χ2v) is 5.90. The Morgan fingerprint density at radius 2 is 1.96 bits per heavy atom. The van der Waals surface area contributed by atoms with E-state index in [0.29, 0.717) is 24.3 Å². The maximum atomic E-state index is 12.2. The van der Waals surface area contributed by atoms with Gasteiger partial charge in [0.1, 0.15) is 38.3 Å². The number of anilines is 1. The maximum Gasteiger partial charge on any atom is 0.230 e. The summed E-state index contributed by atoms with van der Waals surface area (Å²) in [5.74, 6) is -1.62. The number of carbonyl (C=O) groups excluding carboxylic acids is 2. The molecule has 1 heterocycles. The third-order valence-electron chi connectivity index (χ3n) is 4.23. The molecule has 0 radical (unpaired) electrons. The molecule has 1 aromatic rings. The van der Waals surface area contributed by atoms with Gasteiger partial charge in [0, 0.05) is 0 Å². The lowest BCUT2D eigenvalue weighted by molar-refractivity contribution is -1.01. The number of hydrogen-bond acceptors (Lipinski definition) is 4. The Labute approximate surface area is 135 Å².